The Morgan fingerprint density at radius 1 is 1.13 bits per heavy atom. The maximum absolute atomic E-state index is 12.4. The van der Waals surface area contributed by atoms with Gasteiger partial charge < -0.3 is 0 Å². The Morgan fingerprint density at radius 2 is 1.74 bits per heavy atom. The van der Waals surface area contributed by atoms with Gasteiger partial charge in [0.05, 0.1) is 4.92 Å². The molecule has 1 atom stereocenters. The maximum Gasteiger partial charge on any atom is 0.289 e. The summed E-state index contributed by atoms with van der Waals surface area (Å²) in [5.74, 6) is 0. The number of rotatable bonds is 6. The number of hydrogen-bond acceptors (Lipinski definition) is 4. The molecular formula is C16H18N2O4S. The molecule has 0 heterocycles. The van der Waals surface area contributed by atoms with Gasteiger partial charge >= 0.3 is 0 Å². The number of nitrogens with one attached hydrogen (secondary N) is 1. The zero-order valence-corrected chi connectivity index (χ0v) is 13.7. The van der Waals surface area contributed by atoms with Crippen LogP contribution in [0.15, 0.2) is 53.4 Å². The minimum Gasteiger partial charge on any atom is -0.258 e. The van der Waals surface area contributed by atoms with Crippen LogP contribution in [-0.2, 0) is 16.4 Å². The van der Waals surface area contributed by atoms with E-state index in [9.17, 15) is 18.5 Å². The Hall–Kier alpha value is -2.25. The molecule has 0 aromatic heterocycles. The van der Waals surface area contributed by atoms with Crippen molar-refractivity contribution in [2.45, 2.75) is 31.2 Å². The van der Waals surface area contributed by atoms with Gasteiger partial charge in [-0.2, -0.15) is 0 Å². The standard InChI is InChI=1S/C16H18N2O4S/c1-3-13-8-10-14(11-9-13)12(2)17-23(21,22)16-7-5-4-6-15(16)18(19)20/h4-12,17H,3H2,1-2H3/t12-/m1/s1. The number of benzene rings is 2. The van der Waals surface area contributed by atoms with Crippen molar-refractivity contribution in [2.75, 3.05) is 0 Å². The molecule has 2 aromatic carbocycles. The van der Waals surface area contributed by atoms with Crippen molar-refractivity contribution in [3.05, 3.63) is 69.8 Å². The first-order chi connectivity index (χ1) is 10.8. The van der Waals surface area contributed by atoms with Crippen LogP contribution in [0.1, 0.15) is 31.0 Å². The lowest BCUT2D eigenvalue weighted by molar-refractivity contribution is -0.387. The molecule has 0 saturated carbocycles. The molecule has 122 valence electrons. The first-order valence-electron chi connectivity index (χ1n) is 7.19. The Bertz CT molecular complexity index is 801. The van der Waals surface area contributed by atoms with Crippen LogP contribution in [0.3, 0.4) is 0 Å². The number of nitro groups is 1. The topological polar surface area (TPSA) is 89.3 Å². The van der Waals surface area contributed by atoms with Gasteiger partial charge in [-0.25, -0.2) is 13.1 Å². The normalized spacial score (nSPS) is 12.8. The molecule has 1 N–H and O–H groups in total. The number of nitro benzene ring substituents is 1. The van der Waals surface area contributed by atoms with Gasteiger partial charge in [-0.15, -0.1) is 0 Å². The van der Waals surface area contributed by atoms with Crippen molar-refractivity contribution in [1.82, 2.24) is 4.72 Å². The molecule has 23 heavy (non-hydrogen) atoms. The molecule has 0 unspecified atom stereocenters. The lowest BCUT2D eigenvalue weighted by Gasteiger charge is -2.15. The van der Waals surface area contributed by atoms with Crippen molar-refractivity contribution < 1.29 is 13.3 Å². The fourth-order valence-electron chi connectivity index (χ4n) is 2.24. The first-order valence-corrected chi connectivity index (χ1v) is 8.68. The lowest BCUT2D eigenvalue weighted by atomic mass is 10.1. The van der Waals surface area contributed by atoms with Gasteiger partial charge in [-0.05, 0) is 30.5 Å². The van der Waals surface area contributed by atoms with E-state index in [1.165, 1.54) is 24.3 Å². The van der Waals surface area contributed by atoms with E-state index in [1.54, 1.807) is 6.92 Å². The van der Waals surface area contributed by atoms with E-state index in [4.69, 9.17) is 0 Å². The number of sulfonamides is 1. The van der Waals surface area contributed by atoms with Gasteiger partial charge in [-0.3, -0.25) is 10.1 Å². The van der Waals surface area contributed by atoms with Crippen molar-refractivity contribution in [1.29, 1.82) is 0 Å². The summed E-state index contributed by atoms with van der Waals surface area (Å²) in [6.45, 7) is 3.74. The predicted octanol–water partition coefficient (Wildman–Crippen LogP) is 3.20. The van der Waals surface area contributed by atoms with Crippen LogP contribution < -0.4 is 4.72 Å². The van der Waals surface area contributed by atoms with Crippen LogP contribution in [0.2, 0.25) is 0 Å². The van der Waals surface area contributed by atoms with Gasteiger partial charge in [0, 0.05) is 12.1 Å². The van der Waals surface area contributed by atoms with Gasteiger partial charge in [0.15, 0.2) is 4.90 Å². The van der Waals surface area contributed by atoms with Gasteiger partial charge in [0.1, 0.15) is 0 Å². The minimum absolute atomic E-state index is 0.331. The maximum atomic E-state index is 12.4. The third-order valence-corrected chi connectivity index (χ3v) is 5.16. The summed E-state index contributed by atoms with van der Waals surface area (Å²) in [5, 5.41) is 11.0. The Kier molecular flexibility index (Phi) is 5.12. The zero-order chi connectivity index (χ0) is 17.0. The van der Waals surface area contributed by atoms with E-state index in [2.05, 4.69) is 4.72 Å². The summed E-state index contributed by atoms with van der Waals surface area (Å²) >= 11 is 0. The quantitative estimate of drug-likeness (QED) is 0.649. The fraction of sp³-hybridized carbons (Fsp3) is 0.250. The zero-order valence-electron chi connectivity index (χ0n) is 12.9. The van der Waals surface area contributed by atoms with E-state index in [-0.39, 0.29) is 4.90 Å². The number of aryl methyl sites for hydroxylation is 1. The molecule has 6 nitrogen and oxygen atoms in total. The lowest BCUT2D eigenvalue weighted by Crippen LogP contribution is -2.27. The highest BCUT2D eigenvalue weighted by Crippen LogP contribution is 2.25. The van der Waals surface area contributed by atoms with Gasteiger partial charge in [0.2, 0.25) is 10.0 Å². The molecular weight excluding hydrogens is 316 g/mol. The highest BCUT2D eigenvalue weighted by molar-refractivity contribution is 7.89. The summed E-state index contributed by atoms with van der Waals surface area (Å²) in [5.41, 5.74) is 1.51. The van der Waals surface area contributed by atoms with Crippen LogP contribution in [-0.4, -0.2) is 13.3 Å². The van der Waals surface area contributed by atoms with Crippen LogP contribution >= 0.6 is 0 Å². The fourth-order valence-corrected chi connectivity index (χ4v) is 3.65. The molecule has 0 saturated heterocycles. The summed E-state index contributed by atoms with van der Waals surface area (Å²) in [6.07, 6.45) is 0.899. The molecule has 0 bridgehead atoms. The Morgan fingerprint density at radius 3 is 2.30 bits per heavy atom. The van der Waals surface area contributed by atoms with Crippen LogP contribution in [0.4, 0.5) is 5.69 Å². The third kappa shape index (κ3) is 3.94. The summed E-state index contributed by atoms with van der Waals surface area (Å²) in [6, 6.07) is 12.4. The smallest absolute Gasteiger partial charge is 0.258 e. The monoisotopic (exact) mass is 334 g/mol. The highest BCUT2D eigenvalue weighted by atomic mass is 32.2. The van der Waals surface area contributed by atoms with E-state index in [1.807, 2.05) is 31.2 Å². The van der Waals surface area contributed by atoms with Crippen molar-refractivity contribution in [3.8, 4) is 0 Å². The number of para-hydroxylation sites is 1. The SMILES string of the molecule is CCc1ccc([C@@H](C)NS(=O)(=O)c2ccccc2[N+](=O)[O-])cc1. The molecule has 0 aliphatic rings. The molecule has 0 spiro atoms. The number of hydrogen-bond donors (Lipinski definition) is 1. The Balaban J connectivity index is 2.28. The van der Waals surface area contributed by atoms with Crippen LogP contribution in [0, 0.1) is 10.1 Å². The number of nitrogens with zero attached hydrogens (tertiary/aromatic N) is 1. The molecule has 0 aliphatic carbocycles. The molecule has 2 rings (SSSR count). The average Bonchev–Trinajstić information content (AvgIpc) is 2.54. The largest absolute Gasteiger partial charge is 0.289 e. The third-order valence-electron chi connectivity index (χ3n) is 3.57. The summed E-state index contributed by atoms with van der Waals surface area (Å²) < 4.78 is 27.4. The second-order valence-corrected chi connectivity index (χ2v) is 6.85. The predicted molar refractivity (Wildman–Crippen MR) is 87.7 cm³/mol. The summed E-state index contributed by atoms with van der Waals surface area (Å²) in [7, 11) is -3.99. The van der Waals surface area contributed by atoms with E-state index in [0.717, 1.165) is 17.5 Å². The second-order valence-electron chi connectivity index (χ2n) is 5.16. The van der Waals surface area contributed by atoms with Crippen molar-refractivity contribution >= 4 is 15.7 Å². The van der Waals surface area contributed by atoms with E-state index < -0.39 is 26.7 Å². The van der Waals surface area contributed by atoms with Crippen LogP contribution in [0.5, 0.6) is 0 Å². The summed E-state index contributed by atoms with van der Waals surface area (Å²) in [4.78, 5) is 9.98. The molecule has 2 aromatic rings. The van der Waals surface area contributed by atoms with Crippen LogP contribution in [0.25, 0.3) is 0 Å². The van der Waals surface area contributed by atoms with Gasteiger partial charge in [0.25, 0.3) is 5.69 Å². The molecule has 0 fully saturated rings. The Labute approximate surface area is 135 Å². The van der Waals surface area contributed by atoms with Crippen molar-refractivity contribution in [3.63, 3.8) is 0 Å². The highest BCUT2D eigenvalue weighted by Gasteiger charge is 2.26. The van der Waals surface area contributed by atoms with E-state index >= 15 is 0 Å². The molecule has 0 amide bonds. The van der Waals surface area contributed by atoms with E-state index in [0.29, 0.717) is 0 Å². The molecule has 0 aliphatic heterocycles. The average molecular weight is 334 g/mol. The first kappa shape index (κ1) is 17.1. The molecule has 7 heteroatoms. The second kappa shape index (κ2) is 6.89. The van der Waals surface area contributed by atoms with Gasteiger partial charge in [-0.1, -0.05) is 43.3 Å². The van der Waals surface area contributed by atoms with Crippen molar-refractivity contribution in [2.24, 2.45) is 0 Å². The minimum atomic E-state index is -3.99. The molecule has 0 radical (unpaired) electrons.